The number of carbonyl (C=O) groups is 4. The molecule has 52 heavy (non-hydrogen) atoms. The van der Waals surface area contributed by atoms with E-state index in [0.717, 1.165) is 54.6 Å². The van der Waals surface area contributed by atoms with Crippen LogP contribution >= 0.6 is 0 Å². The van der Waals surface area contributed by atoms with Gasteiger partial charge in [0.05, 0.1) is 0 Å². The van der Waals surface area contributed by atoms with Crippen molar-refractivity contribution in [2.24, 2.45) is 0 Å². The van der Waals surface area contributed by atoms with Gasteiger partial charge >= 0.3 is 23.9 Å². The molecule has 1 aliphatic heterocycles. The lowest BCUT2D eigenvalue weighted by molar-refractivity contribution is -0.166. The summed E-state index contributed by atoms with van der Waals surface area (Å²) in [7, 11) is 0. The summed E-state index contributed by atoms with van der Waals surface area (Å²) in [5, 5.41) is 89.1. The lowest BCUT2D eigenvalue weighted by Gasteiger charge is -2.22. The summed E-state index contributed by atoms with van der Waals surface area (Å²) in [6, 6.07) is 13.0. The number of carbonyl (C=O) groups excluding carboxylic acids is 2. The smallest absolute Gasteiger partial charge is 0.345 e. The summed E-state index contributed by atoms with van der Waals surface area (Å²) < 4.78 is 16.5. The topological polar surface area (TPSA) is 278 Å². The summed E-state index contributed by atoms with van der Waals surface area (Å²) in [4.78, 5) is 50.9. The molecular formula is C36H30O16. The SMILES string of the molecule is O=C(/C=C/c1ccc(O)c2c1[C@H](C(=O)OC(Cc1ccc(O)c(O)c1)C(=O)O)[C@H](c1ccc(O)c(O)c1)O2)O[C@H](Cc1ccc(O)c(O)c1)C(=O)O. The van der Waals surface area contributed by atoms with Crippen molar-refractivity contribution < 1.29 is 79.3 Å². The molecule has 1 aliphatic rings. The van der Waals surface area contributed by atoms with Gasteiger partial charge in [0.15, 0.2) is 46.0 Å². The Morgan fingerprint density at radius 1 is 0.635 bits per heavy atom. The van der Waals surface area contributed by atoms with Gasteiger partial charge in [-0.3, -0.25) is 4.79 Å². The molecule has 0 saturated heterocycles. The lowest BCUT2D eigenvalue weighted by atomic mass is 9.87. The molecule has 4 aromatic rings. The van der Waals surface area contributed by atoms with Crippen molar-refractivity contribution in [3.63, 3.8) is 0 Å². The van der Waals surface area contributed by atoms with E-state index in [9.17, 15) is 65.1 Å². The minimum atomic E-state index is -1.84. The summed E-state index contributed by atoms with van der Waals surface area (Å²) in [6.07, 6.45) is -3.85. The molecule has 9 N–H and O–H groups in total. The molecule has 16 heteroatoms. The molecule has 4 aromatic carbocycles. The molecule has 5 rings (SSSR count). The zero-order valence-electron chi connectivity index (χ0n) is 26.6. The van der Waals surface area contributed by atoms with Crippen LogP contribution in [0, 0.1) is 0 Å². The normalized spacial score (nSPS) is 16.0. The Hall–Kier alpha value is -7.10. The molecule has 1 unspecified atom stereocenters. The Morgan fingerprint density at radius 3 is 1.65 bits per heavy atom. The fourth-order valence-electron chi connectivity index (χ4n) is 5.49. The standard InChI is InChI=1S/C36H30O16/c37-20-6-1-16(11-24(20)41)13-27(34(45)46)50-29(44)10-5-18-3-9-23(40)33-30(18)31(32(52-33)19-4-8-22(39)26(43)15-19)36(49)51-28(35(47)48)14-17-2-7-21(38)25(42)12-17/h1-12,15,27-28,31-32,37-43H,13-14H2,(H,45,46)(H,47,48)/b10-5+/t27-,28?,31+,32+/m1/s1. The zero-order valence-corrected chi connectivity index (χ0v) is 26.6. The Bertz CT molecular complexity index is 2090. The number of aliphatic carboxylic acids is 2. The first-order valence-corrected chi connectivity index (χ1v) is 15.2. The molecule has 0 saturated carbocycles. The quantitative estimate of drug-likeness (QED) is 0.0577. The van der Waals surface area contributed by atoms with Gasteiger partial charge in [0, 0.05) is 24.5 Å². The van der Waals surface area contributed by atoms with Gasteiger partial charge < -0.3 is 60.2 Å². The fourth-order valence-corrected chi connectivity index (χ4v) is 5.49. The maximum Gasteiger partial charge on any atom is 0.345 e. The molecule has 0 amide bonds. The van der Waals surface area contributed by atoms with Crippen LogP contribution < -0.4 is 4.74 Å². The number of phenolic OH excluding ortho intramolecular Hbond substituents is 7. The minimum absolute atomic E-state index is 0.0443. The first-order chi connectivity index (χ1) is 24.6. The zero-order chi connectivity index (χ0) is 37.9. The third-order valence-electron chi connectivity index (χ3n) is 8.04. The van der Waals surface area contributed by atoms with Crippen LogP contribution in [0.15, 0.2) is 72.8 Å². The number of aromatic hydroxyl groups is 7. The fraction of sp³-hybridized carbons (Fsp3) is 0.167. The minimum Gasteiger partial charge on any atom is -0.504 e. The lowest BCUT2D eigenvalue weighted by Crippen LogP contribution is -2.33. The number of esters is 2. The van der Waals surface area contributed by atoms with Gasteiger partial charge in [0.1, 0.15) is 12.0 Å². The van der Waals surface area contributed by atoms with Crippen molar-refractivity contribution in [1.29, 1.82) is 0 Å². The van der Waals surface area contributed by atoms with Crippen LogP contribution in [0.25, 0.3) is 6.08 Å². The molecule has 270 valence electrons. The Balaban J connectivity index is 1.47. The van der Waals surface area contributed by atoms with Crippen LogP contribution in [0.2, 0.25) is 0 Å². The third kappa shape index (κ3) is 7.86. The highest BCUT2D eigenvalue weighted by atomic mass is 16.6. The molecule has 0 bridgehead atoms. The number of hydrogen-bond donors (Lipinski definition) is 9. The molecule has 16 nitrogen and oxygen atoms in total. The van der Waals surface area contributed by atoms with E-state index >= 15 is 0 Å². The van der Waals surface area contributed by atoms with E-state index in [2.05, 4.69) is 0 Å². The van der Waals surface area contributed by atoms with E-state index in [-0.39, 0.29) is 40.0 Å². The second-order valence-corrected chi connectivity index (χ2v) is 11.6. The van der Waals surface area contributed by atoms with Gasteiger partial charge in [0.2, 0.25) is 12.2 Å². The number of carboxylic acids is 2. The van der Waals surface area contributed by atoms with Gasteiger partial charge in [-0.15, -0.1) is 0 Å². The molecule has 0 spiro atoms. The van der Waals surface area contributed by atoms with Crippen molar-refractivity contribution in [3.05, 3.63) is 101 Å². The predicted molar refractivity (Wildman–Crippen MR) is 175 cm³/mol. The van der Waals surface area contributed by atoms with Crippen molar-refractivity contribution in [2.75, 3.05) is 0 Å². The van der Waals surface area contributed by atoms with E-state index in [1.807, 2.05) is 0 Å². The predicted octanol–water partition coefficient (Wildman–Crippen LogP) is 3.33. The van der Waals surface area contributed by atoms with Gasteiger partial charge in [-0.1, -0.05) is 24.3 Å². The van der Waals surface area contributed by atoms with E-state index in [4.69, 9.17) is 14.2 Å². The van der Waals surface area contributed by atoms with Crippen LogP contribution in [0.5, 0.6) is 46.0 Å². The Morgan fingerprint density at radius 2 is 1.13 bits per heavy atom. The van der Waals surface area contributed by atoms with E-state index < -0.39 is 94.8 Å². The van der Waals surface area contributed by atoms with Gasteiger partial charge in [-0.2, -0.15) is 0 Å². The summed E-state index contributed by atoms with van der Waals surface area (Å²) in [5.41, 5.74) is 0.445. The highest BCUT2D eigenvalue weighted by Crippen LogP contribution is 2.53. The first kappa shape index (κ1) is 36.2. The Kier molecular flexibility index (Phi) is 10.3. The molecule has 0 aromatic heterocycles. The molecule has 1 heterocycles. The van der Waals surface area contributed by atoms with Crippen molar-refractivity contribution in [1.82, 2.24) is 0 Å². The summed E-state index contributed by atoms with van der Waals surface area (Å²) >= 11 is 0. The maximum atomic E-state index is 13.9. The van der Waals surface area contributed by atoms with Crippen molar-refractivity contribution in [3.8, 4) is 46.0 Å². The number of carboxylic acid groups (broad SMARTS) is 2. The number of rotatable bonds is 12. The van der Waals surface area contributed by atoms with Gasteiger partial charge in [-0.25, -0.2) is 14.4 Å². The highest BCUT2D eigenvalue weighted by molar-refractivity contribution is 5.92. The van der Waals surface area contributed by atoms with Crippen LogP contribution in [0.4, 0.5) is 0 Å². The van der Waals surface area contributed by atoms with Crippen LogP contribution in [-0.4, -0.2) is 82.0 Å². The van der Waals surface area contributed by atoms with E-state index in [0.29, 0.717) is 0 Å². The average molecular weight is 719 g/mol. The van der Waals surface area contributed by atoms with Crippen molar-refractivity contribution >= 4 is 30.0 Å². The number of phenols is 7. The molecule has 0 aliphatic carbocycles. The maximum absolute atomic E-state index is 13.9. The summed E-state index contributed by atoms with van der Waals surface area (Å²) in [6.45, 7) is 0. The molecule has 0 fully saturated rings. The molecule has 0 radical (unpaired) electrons. The second-order valence-electron chi connectivity index (χ2n) is 11.6. The van der Waals surface area contributed by atoms with Gasteiger partial charge in [-0.05, 0) is 70.8 Å². The monoisotopic (exact) mass is 718 g/mol. The largest absolute Gasteiger partial charge is 0.504 e. The van der Waals surface area contributed by atoms with Gasteiger partial charge in [0.25, 0.3) is 0 Å². The second kappa shape index (κ2) is 14.8. The summed E-state index contributed by atoms with van der Waals surface area (Å²) in [5.74, 6) is -10.8. The molecular weight excluding hydrogens is 688 g/mol. The van der Waals surface area contributed by atoms with Crippen LogP contribution in [-0.2, 0) is 41.5 Å². The first-order valence-electron chi connectivity index (χ1n) is 15.2. The third-order valence-corrected chi connectivity index (χ3v) is 8.04. The number of benzene rings is 4. The number of hydrogen-bond acceptors (Lipinski definition) is 14. The van der Waals surface area contributed by atoms with Crippen LogP contribution in [0.1, 0.15) is 39.8 Å². The Labute approximate surface area is 292 Å². The number of ether oxygens (including phenoxy) is 3. The highest BCUT2D eigenvalue weighted by Gasteiger charge is 2.46. The van der Waals surface area contributed by atoms with Crippen molar-refractivity contribution in [2.45, 2.75) is 37.1 Å². The van der Waals surface area contributed by atoms with E-state index in [1.54, 1.807) is 0 Å². The molecule has 4 atom stereocenters. The average Bonchev–Trinajstić information content (AvgIpc) is 3.50. The number of fused-ring (bicyclic) bond motifs is 1. The van der Waals surface area contributed by atoms with E-state index in [1.165, 1.54) is 24.3 Å². The van der Waals surface area contributed by atoms with Crippen LogP contribution in [0.3, 0.4) is 0 Å².